The Morgan fingerprint density at radius 2 is 1.82 bits per heavy atom. The van der Waals surface area contributed by atoms with Gasteiger partial charge in [0.05, 0.1) is 6.10 Å². The smallest absolute Gasteiger partial charge is 0.0541 e. The van der Waals surface area contributed by atoms with Crippen molar-refractivity contribution >= 4 is 0 Å². The monoisotopic (exact) mass is 157 g/mol. The molecule has 1 rings (SSSR count). The van der Waals surface area contributed by atoms with Crippen molar-refractivity contribution in [2.75, 3.05) is 0 Å². The van der Waals surface area contributed by atoms with Crippen LogP contribution in [0.4, 0.5) is 0 Å². The molecule has 1 fully saturated rings. The van der Waals surface area contributed by atoms with E-state index in [1.54, 1.807) is 0 Å². The third-order valence-electron chi connectivity index (χ3n) is 3.04. The Morgan fingerprint density at radius 1 is 1.36 bits per heavy atom. The van der Waals surface area contributed by atoms with Gasteiger partial charge in [-0.1, -0.05) is 13.8 Å². The molecule has 0 aromatic rings. The summed E-state index contributed by atoms with van der Waals surface area (Å²) in [6.45, 7) is 4.33. The SMILES string of the molecule is CC(C)C1(N)CCC(O)CC1. The summed E-state index contributed by atoms with van der Waals surface area (Å²) in [6, 6.07) is 0. The molecule has 0 spiro atoms. The van der Waals surface area contributed by atoms with Crippen LogP contribution in [0.25, 0.3) is 0 Å². The zero-order valence-corrected chi connectivity index (χ0v) is 7.51. The molecule has 2 nitrogen and oxygen atoms in total. The highest BCUT2D eigenvalue weighted by molar-refractivity contribution is 4.91. The van der Waals surface area contributed by atoms with Crippen LogP contribution in [0.3, 0.4) is 0 Å². The Kier molecular flexibility index (Phi) is 2.55. The lowest BCUT2D eigenvalue weighted by Crippen LogP contribution is -2.48. The molecule has 0 heterocycles. The zero-order valence-electron chi connectivity index (χ0n) is 7.51. The highest BCUT2D eigenvalue weighted by Gasteiger charge is 2.33. The molecule has 0 saturated heterocycles. The first-order valence-electron chi connectivity index (χ1n) is 4.51. The van der Waals surface area contributed by atoms with Crippen LogP contribution >= 0.6 is 0 Å². The molecule has 1 saturated carbocycles. The molecule has 1 aliphatic rings. The van der Waals surface area contributed by atoms with Gasteiger partial charge in [0, 0.05) is 5.54 Å². The van der Waals surface area contributed by atoms with Gasteiger partial charge in [0.2, 0.25) is 0 Å². The van der Waals surface area contributed by atoms with E-state index in [9.17, 15) is 5.11 Å². The molecule has 0 amide bonds. The minimum absolute atomic E-state index is 0.000764. The fraction of sp³-hybridized carbons (Fsp3) is 1.00. The van der Waals surface area contributed by atoms with Gasteiger partial charge in [0.1, 0.15) is 0 Å². The van der Waals surface area contributed by atoms with Crippen LogP contribution in [0, 0.1) is 5.92 Å². The molecule has 0 aromatic carbocycles. The molecule has 2 heteroatoms. The summed E-state index contributed by atoms with van der Waals surface area (Å²) in [7, 11) is 0. The minimum atomic E-state index is -0.0922. The molecular weight excluding hydrogens is 138 g/mol. The molecule has 0 aromatic heterocycles. The quantitative estimate of drug-likeness (QED) is 0.602. The molecule has 0 aliphatic heterocycles. The van der Waals surface area contributed by atoms with Gasteiger partial charge in [-0.3, -0.25) is 0 Å². The average Bonchev–Trinajstić information content (AvgIpc) is 1.95. The number of nitrogens with two attached hydrogens (primary N) is 1. The molecule has 0 radical (unpaired) electrons. The fourth-order valence-electron chi connectivity index (χ4n) is 1.72. The van der Waals surface area contributed by atoms with Crippen LogP contribution in [0.1, 0.15) is 39.5 Å². The Morgan fingerprint density at radius 3 is 2.18 bits per heavy atom. The van der Waals surface area contributed by atoms with Crippen molar-refractivity contribution in [1.82, 2.24) is 0 Å². The van der Waals surface area contributed by atoms with Crippen molar-refractivity contribution in [2.45, 2.75) is 51.2 Å². The second-order valence-electron chi connectivity index (χ2n) is 4.12. The number of aliphatic hydroxyl groups is 1. The van der Waals surface area contributed by atoms with E-state index in [-0.39, 0.29) is 11.6 Å². The van der Waals surface area contributed by atoms with Crippen LogP contribution in [0.5, 0.6) is 0 Å². The van der Waals surface area contributed by atoms with Gasteiger partial charge in [0.15, 0.2) is 0 Å². The summed E-state index contributed by atoms with van der Waals surface area (Å²) in [5.74, 6) is 0.537. The van der Waals surface area contributed by atoms with E-state index in [1.807, 2.05) is 0 Å². The summed E-state index contributed by atoms with van der Waals surface area (Å²) < 4.78 is 0. The van der Waals surface area contributed by atoms with E-state index in [1.165, 1.54) is 0 Å². The normalized spacial score (nSPS) is 39.5. The molecule has 11 heavy (non-hydrogen) atoms. The molecule has 1 aliphatic carbocycles. The lowest BCUT2D eigenvalue weighted by Gasteiger charge is -2.38. The maximum absolute atomic E-state index is 9.27. The lowest BCUT2D eigenvalue weighted by atomic mass is 9.74. The van der Waals surface area contributed by atoms with Gasteiger partial charge in [-0.15, -0.1) is 0 Å². The second-order valence-corrected chi connectivity index (χ2v) is 4.12. The van der Waals surface area contributed by atoms with E-state index in [2.05, 4.69) is 13.8 Å². The summed E-state index contributed by atoms with van der Waals surface area (Å²) in [5.41, 5.74) is 6.15. The number of hydrogen-bond acceptors (Lipinski definition) is 2. The van der Waals surface area contributed by atoms with Crippen molar-refractivity contribution in [1.29, 1.82) is 0 Å². The zero-order chi connectivity index (χ0) is 8.48. The van der Waals surface area contributed by atoms with Crippen molar-refractivity contribution in [2.24, 2.45) is 11.7 Å². The van der Waals surface area contributed by atoms with Gasteiger partial charge >= 0.3 is 0 Å². The second kappa shape index (κ2) is 3.11. The third kappa shape index (κ3) is 1.94. The van der Waals surface area contributed by atoms with Crippen LogP contribution in [-0.2, 0) is 0 Å². The molecule has 3 N–H and O–H groups in total. The van der Waals surface area contributed by atoms with E-state index in [4.69, 9.17) is 5.73 Å². The Hall–Kier alpha value is -0.0800. The average molecular weight is 157 g/mol. The first-order chi connectivity index (χ1) is 5.04. The first-order valence-corrected chi connectivity index (χ1v) is 4.51. The minimum Gasteiger partial charge on any atom is -0.393 e. The molecule has 0 bridgehead atoms. The molecule has 0 unspecified atom stereocenters. The van der Waals surface area contributed by atoms with Crippen LogP contribution < -0.4 is 5.73 Å². The summed E-state index contributed by atoms with van der Waals surface area (Å²) in [4.78, 5) is 0. The first kappa shape index (κ1) is 9.01. The van der Waals surface area contributed by atoms with Gasteiger partial charge in [-0.2, -0.15) is 0 Å². The number of hydrogen-bond donors (Lipinski definition) is 2. The van der Waals surface area contributed by atoms with Crippen molar-refractivity contribution in [3.05, 3.63) is 0 Å². The van der Waals surface area contributed by atoms with E-state index in [0.717, 1.165) is 25.7 Å². The summed E-state index contributed by atoms with van der Waals surface area (Å²) in [6.07, 6.45) is 3.63. The largest absolute Gasteiger partial charge is 0.393 e. The van der Waals surface area contributed by atoms with Crippen LogP contribution in [-0.4, -0.2) is 16.7 Å². The van der Waals surface area contributed by atoms with Crippen LogP contribution in [0.2, 0.25) is 0 Å². The molecule has 0 atom stereocenters. The Balaban J connectivity index is 2.48. The van der Waals surface area contributed by atoms with E-state index < -0.39 is 0 Å². The Bertz CT molecular complexity index is 126. The molecule has 66 valence electrons. The standard InChI is InChI=1S/C9H19NO/c1-7(2)9(10)5-3-8(11)4-6-9/h7-8,11H,3-6,10H2,1-2H3. The van der Waals surface area contributed by atoms with Crippen molar-refractivity contribution in [3.8, 4) is 0 Å². The third-order valence-corrected chi connectivity index (χ3v) is 3.04. The molecular formula is C9H19NO. The van der Waals surface area contributed by atoms with E-state index in [0.29, 0.717) is 5.92 Å². The van der Waals surface area contributed by atoms with Crippen molar-refractivity contribution < 1.29 is 5.11 Å². The summed E-state index contributed by atoms with van der Waals surface area (Å²) in [5, 5.41) is 9.27. The van der Waals surface area contributed by atoms with Gasteiger partial charge in [-0.25, -0.2) is 0 Å². The number of aliphatic hydroxyl groups excluding tert-OH is 1. The highest BCUT2D eigenvalue weighted by atomic mass is 16.3. The van der Waals surface area contributed by atoms with Crippen LogP contribution in [0.15, 0.2) is 0 Å². The van der Waals surface area contributed by atoms with Gasteiger partial charge in [-0.05, 0) is 31.6 Å². The van der Waals surface area contributed by atoms with Crippen molar-refractivity contribution in [3.63, 3.8) is 0 Å². The van der Waals surface area contributed by atoms with Gasteiger partial charge < -0.3 is 10.8 Å². The highest BCUT2D eigenvalue weighted by Crippen LogP contribution is 2.31. The van der Waals surface area contributed by atoms with E-state index >= 15 is 0 Å². The van der Waals surface area contributed by atoms with Gasteiger partial charge in [0.25, 0.3) is 0 Å². The predicted octanol–water partition coefficient (Wildman–Crippen LogP) is 1.27. The maximum atomic E-state index is 9.27. The predicted molar refractivity (Wildman–Crippen MR) is 46.2 cm³/mol. The lowest BCUT2D eigenvalue weighted by molar-refractivity contribution is 0.0813. The fourth-order valence-corrected chi connectivity index (χ4v) is 1.72. The number of rotatable bonds is 1. The Labute approximate surface area is 68.8 Å². The topological polar surface area (TPSA) is 46.2 Å². The summed E-state index contributed by atoms with van der Waals surface area (Å²) >= 11 is 0. The maximum Gasteiger partial charge on any atom is 0.0541 e.